The Labute approximate surface area is 150 Å². The SMILES string of the molecule is [2H]/C(=C/CCCCCCCC(=O)O)C([2H])([2H])C([2H])([2H])C([2H])([2H])C([2H])([2H])C([2H])([2H])C([2H])([2H])C([2H])([2H])C([2H])([2H])[2H]. The summed E-state index contributed by atoms with van der Waals surface area (Å²) in [6.45, 7) is -3.83. The largest absolute Gasteiger partial charge is 0.481 e. The molecule has 0 saturated heterocycles. The van der Waals surface area contributed by atoms with Crippen LogP contribution in [-0.2, 0) is 4.79 Å². The predicted molar refractivity (Wildman–Crippen MR) is 87.1 cm³/mol. The standard InChI is InChI=1S/C18H34O2/c1-2-3-4-5-6-7-8-9-10-11-12-13-14-15-16-17-18(19)20/h9-10H,2-8,11-17H2,1H3,(H,19,20)/b10-9-/i1D3,2D2,3D2,4D2,5D2,6D2,7D2,8D2,9D. The number of aliphatic carboxylic acids is 1. The van der Waals surface area contributed by atoms with E-state index in [1.165, 1.54) is 0 Å². The molecule has 1 N–H and O–H groups in total. The number of carboxylic acid groups (broad SMARTS) is 1. The Hall–Kier alpha value is -0.790. The number of unbranched alkanes of at least 4 members (excludes halogenated alkanes) is 5. The van der Waals surface area contributed by atoms with Gasteiger partial charge in [0.2, 0.25) is 0 Å². The molecule has 0 fully saturated rings. The van der Waals surface area contributed by atoms with Crippen LogP contribution in [0.25, 0.3) is 0 Å². The van der Waals surface area contributed by atoms with Crippen LogP contribution >= 0.6 is 0 Å². The minimum absolute atomic E-state index is 0.0157. The van der Waals surface area contributed by atoms with Crippen molar-refractivity contribution in [1.29, 1.82) is 0 Å². The zero-order valence-corrected chi connectivity index (χ0v) is 11.4. The molecular weight excluding hydrogens is 248 g/mol. The lowest BCUT2D eigenvalue weighted by atomic mass is 10.1. The Bertz CT molecular complexity index is 843. The summed E-state index contributed by atoms with van der Waals surface area (Å²) < 4.78 is 141. The first-order valence-electron chi connectivity index (χ1n) is 15.5. The summed E-state index contributed by atoms with van der Waals surface area (Å²) in [6.07, 6.45) is -25.2. The lowest BCUT2D eigenvalue weighted by Crippen LogP contribution is -1.93. The first kappa shape index (κ1) is 4.86. The van der Waals surface area contributed by atoms with Gasteiger partial charge in [0.1, 0.15) is 0 Å². The van der Waals surface area contributed by atoms with E-state index < -0.39 is 63.5 Å². The molecular formula is C18H34O2. The van der Waals surface area contributed by atoms with Gasteiger partial charge in [0, 0.05) is 29.7 Å². The molecule has 0 aliphatic carbocycles. The molecule has 0 aromatic carbocycles. The third-order valence-electron chi connectivity index (χ3n) is 2.29. The zero-order chi connectivity index (χ0) is 30.8. The van der Waals surface area contributed by atoms with Crippen molar-refractivity contribution in [1.82, 2.24) is 0 Å². The van der Waals surface area contributed by atoms with Gasteiger partial charge in [0.25, 0.3) is 0 Å². The molecule has 0 aliphatic rings. The van der Waals surface area contributed by atoms with Crippen molar-refractivity contribution in [3.8, 4) is 0 Å². The highest BCUT2D eigenvalue weighted by atomic mass is 16.4. The maximum absolute atomic E-state index is 10.5. The molecule has 2 nitrogen and oxygen atoms in total. The van der Waals surface area contributed by atoms with Gasteiger partial charge in [-0.25, -0.2) is 0 Å². The van der Waals surface area contributed by atoms with Crippen LogP contribution in [0.4, 0.5) is 0 Å². The van der Waals surface area contributed by atoms with Crippen molar-refractivity contribution < 1.29 is 34.6 Å². The Morgan fingerprint density at radius 1 is 1.10 bits per heavy atom. The number of carboxylic acids is 1. The van der Waals surface area contributed by atoms with Gasteiger partial charge in [-0.05, 0) is 32.0 Å². The van der Waals surface area contributed by atoms with Gasteiger partial charge in [-0.2, -0.15) is 0 Å². The minimum atomic E-state index is -4.35. The molecule has 0 heterocycles. The van der Waals surface area contributed by atoms with Gasteiger partial charge in [-0.3, -0.25) is 4.79 Å². The normalized spacial score (nSPS) is 30.7. The monoisotopic (exact) mass is 300 g/mol. The maximum atomic E-state index is 10.5. The summed E-state index contributed by atoms with van der Waals surface area (Å²) in [5.41, 5.74) is 0. The summed E-state index contributed by atoms with van der Waals surface area (Å²) in [5, 5.41) is 8.59. The summed E-state index contributed by atoms with van der Waals surface area (Å²) in [6, 6.07) is -1.09. The van der Waals surface area contributed by atoms with Crippen LogP contribution in [0.2, 0.25) is 0 Å². The van der Waals surface area contributed by atoms with Crippen LogP contribution in [0.15, 0.2) is 12.1 Å². The van der Waals surface area contributed by atoms with E-state index in [1.807, 2.05) is 0 Å². The van der Waals surface area contributed by atoms with E-state index in [0.29, 0.717) is 32.1 Å². The van der Waals surface area contributed by atoms with Crippen LogP contribution in [0.5, 0.6) is 0 Å². The topological polar surface area (TPSA) is 37.3 Å². The Morgan fingerprint density at radius 3 is 2.60 bits per heavy atom. The Kier molecular flexibility index (Phi) is 3.95. The van der Waals surface area contributed by atoms with Gasteiger partial charge in [0.15, 0.2) is 0 Å². The third kappa shape index (κ3) is 17.2. The number of allylic oxidation sites excluding steroid dienone is 2. The molecule has 0 bridgehead atoms. The number of rotatable bonds is 15. The minimum Gasteiger partial charge on any atom is -0.481 e. The van der Waals surface area contributed by atoms with E-state index in [0.717, 1.165) is 6.08 Å². The molecule has 0 atom stereocenters. The van der Waals surface area contributed by atoms with E-state index in [-0.39, 0.29) is 12.8 Å². The number of carbonyl (C=O) groups is 1. The molecule has 0 rings (SSSR count). The third-order valence-corrected chi connectivity index (χ3v) is 2.29. The summed E-state index contributed by atoms with van der Waals surface area (Å²) >= 11 is 0. The fraction of sp³-hybridized carbons (Fsp3) is 0.833. The van der Waals surface area contributed by atoms with Gasteiger partial charge in [0.05, 0.1) is 1.37 Å². The lowest BCUT2D eigenvalue weighted by molar-refractivity contribution is -0.137. The molecule has 0 aliphatic heterocycles. The van der Waals surface area contributed by atoms with Crippen molar-refractivity contribution in [3.63, 3.8) is 0 Å². The second kappa shape index (κ2) is 16.3. The molecule has 0 spiro atoms. The van der Waals surface area contributed by atoms with Gasteiger partial charge >= 0.3 is 5.97 Å². The Morgan fingerprint density at radius 2 is 1.80 bits per heavy atom. The van der Waals surface area contributed by atoms with Crippen LogP contribution in [0, 0.1) is 0 Å². The molecule has 0 aromatic heterocycles. The van der Waals surface area contributed by atoms with Gasteiger partial charge in [-0.15, -0.1) is 0 Å². The molecule has 0 radical (unpaired) electrons. The number of hydrogen-bond donors (Lipinski definition) is 1. The van der Waals surface area contributed by atoms with E-state index in [1.54, 1.807) is 0 Å². The van der Waals surface area contributed by atoms with Crippen LogP contribution < -0.4 is 0 Å². The molecule has 2 heteroatoms. The second-order valence-corrected chi connectivity index (χ2v) is 3.92. The summed E-state index contributed by atoms with van der Waals surface area (Å²) in [7, 11) is 0. The van der Waals surface area contributed by atoms with Crippen LogP contribution in [0.3, 0.4) is 0 Å². The first-order chi connectivity index (χ1) is 16.6. The Balaban J connectivity index is 6.00. The van der Waals surface area contributed by atoms with E-state index >= 15 is 0 Å². The van der Waals surface area contributed by atoms with Crippen molar-refractivity contribution in [2.24, 2.45) is 0 Å². The zero-order valence-electron chi connectivity index (χ0n) is 29.4. The molecule has 0 amide bonds. The fourth-order valence-electron chi connectivity index (χ4n) is 1.37. The molecule has 20 heavy (non-hydrogen) atoms. The average Bonchev–Trinajstić information content (AvgIpc) is 2.73. The lowest BCUT2D eigenvalue weighted by Gasteiger charge is -1.99. The van der Waals surface area contributed by atoms with Crippen molar-refractivity contribution in [2.45, 2.75) is 96.4 Å². The maximum Gasteiger partial charge on any atom is 0.303 e. The highest BCUT2D eigenvalue weighted by Crippen LogP contribution is 2.09. The highest BCUT2D eigenvalue weighted by Gasteiger charge is 1.95. The van der Waals surface area contributed by atoms with E-state index in [9.17, 15) is 4.79 Å². The van der Waals surface area contributed by atoms with Crippen molar-refractivity contribution in [3.05, 3.63) is 12.1 Å². The van der Waals surface area contributed by atoms with Crippen LogP contribution in [0.1, 0.15) is 121 Å². The highest BCUT2D eigenvalue weighted by molar-refractivity contribution is 5.66. The smallest absolute Gasteiger partial charge is 0.303 e. The van der Waals surface area contributed by atoms with Crippen molar-refractivity contribution in [2.75, 3.05) is 0 Å². The molecule has 0 unspecified atom stereocenters. The first-order valence-corrected chi connectivity index (χ1v) is 6.48. The molecule has 118 valence electrons. The van der Waals surface area contributed by atoms with Gasteiger partial charge < -0.3 is 5.11 Å². The summed E-state index contributed by atoms with van der Waals surface area (Å²) in [5.74, 6) is -0.923. The van der Waals surface area contributed by atoms with Crippen LogP contribution in [-0.4, -0.2) is 11.1 Å². The second-order valence-electron chi connectivity index (χ2n) is 3.92. The predicted octanol–water partition coefficient (Wildman–Crippen LogP) is 6.11. The quantitative estimate of drug-likeness (QED) is 0.293. The molecule has 0 saturated carbocycles. The van der Waals surface area contributed by atoms with Crippen molar-refractivity contribution >= 4 is 5.97 Å². The molecule has 0 aromatic rings. The van der Waals surface area contributed by atoms with E-state index in [2.05, 4.69) is 0 Å². The van der Waals surface area contributed by atoms with Gasteiger partial charge in [-0.1, -0.05) is 70.1 Å². The fourth-order valence-corrected chi connectivity index (χ4v) is 1.37. The number of hydrogen-bond acceptors (Lipinski definition) is 1. The van der Waals surface area contributed by atoms with E-state index in [4.69, 9.17) is 29.8 Å². The average molecular weight is 301 g/mol. The summed E-state index contributed by atoms with van der Waals surface area (Å²) in [4.78, 5) is 10.5.